The molecule has 0 heterocycles. The molecule has 0 saturated carbocycles. The number of thioether (sulfide) groups is 1. The van der Waals surface area contributed by atoms with Crippen LogP contribution in [0.1, 0.15) is 97.2 Å². The van der Waals surface area contributed by atoms with Crippen LogP contribution in [0.25, 0.3) is 0 Å². The van der Waals surface area contributed by atoms with Crippen molar-refractivity contribution in [3.05, 3.63) is 136 Å². The standard InChI is InChI=1S/C59H80O7S10/c1-59(48-13-19-51(20-14-48)62-25-5-33-70,49-15-21-52(22-16-49)63-26-6-34-71)50-17-23-53(24-18-50)64-29-9-37-75-54(43-74)38-47-42-56(41-46(12-4-32-69)58(47)66-28-8-36-73)76(60,61)55-39-44(10-2-30-67)57(65-27-7-35-72)45(40-55)11-3-31-68/h13-24,39-42,54,67-74H,2-12,25-38,43H2,1H3. The Kier molecular flexibility index (Phi) is 30.6. The minimum Gasteiger partial charge on any atom is -0.494 e. The van der Waals surface area contributed by atoms with E-state index in [1.165, 1.54) is 0 Å². The van der Waals surface area contributed by atoms with Gasteiger partial charge in [0.1, 0.15) is 28.7 Å². The second-order valence-electron chi connectivity index (χ2n) is 18.6. The maximum Gasteiger partial charge on any atom is 0.206 e. The first-order chi connectivity index (χ1) is 37.0. The summed E-state index contributed by atoms with van der Waals surface area (Å²) in [6, 6.07) is 32.5. The Morgan fingerprint density at radius 2 is 0.750 bits per heavy atom. The second-order valence-corrected chi connectivity index (χ2v) is 25.5. The van der Waals surface area contributed by atoms with Crippen LogP contribution >= 0.6 is 113 Å². The summed E-state index contributed by atoms with van der Waals surface area (Å²) < 4.78 is 61.3. The third kappa shape index (κ3) is 19.7. The summed E-state index contributed by atoms with van der Waals surface area (Å²) in [5.41, 5.74) is 6.43. The molecule has 5 rings (SSSR count). The van der Waals surface area contributed by atoms with Crippen LogP contribution in [0, 0.1) is 0 Å². The van der Waals surface area contributed by atoms with E-state index in [0.29, 0.717) is 93.2 Å². The smallest absolute Gasteiger partial charge is 0.206 e. The zero-order valence-corrected chi connectivity index (χ0v) is 52.7. The molecule has 0 aliphatic carbocycles. The van der Waals surface area contributed by atoms with Crippen molar-refractivity contribution in [1.29, 1.82) is 0 Å². The summed E-state index contributed by atoms with van der Waals surface area (Å²) in [6.07, 6.45) is 8.98. The van der Waals surface area contributed by atoms with Crippen LogP contribution in [-0.4, -0.2) is 98.5 Å². The Morgan fingerprint density at radius 3 is 1.09 bits per heavy atom. The minimum absolute atomic E-state index is 0.0832. The van der Waals surface area contributed by atoms with Gasteiger partial charge in [0.2, 0.25) is 9.84 Å². The van der Waals surface area contributed by atoms with Crippen molar-refractivity contribution in [2.75, 3.05) is 84.8 Å². The Labute approximate surface area is 504 Å². The van der Waals surface area contributed by atoms with Crippen molar-refractivity contribution in [3.63, 3.8) is 0 Å². The van der Waals surface area contributed by atoms with E-state index in [9.17, 15) is 0 Å². The molecule has 1 atom stereocenters. The highest BCUT2D eigenvalue weighted by Gasteiger charge is 2.32. The average molecular weight is 1220 g/mol. The molecule has 0 radical (unpaired) electrons. The van der Waals surface area contributed by atoms with E-state index in [-0.39, 0.29) is 15.0 Å². The molecule has 7 nitrogen and oxygen atoms in total. The lowest BCUT2D eigenvalue weighted by Crippen LogP contribution is -2.25. The van der Waals surface area contributed by atoms with Gasteiger partial charge in [0.15, 0.2) is 0 Å². The molecule has 0 N–H and O–H groups in total. The van der Waals surface area contributed by atoms with Crippen LogP contribution in [0.15, 0.2) is 107 Å². The fourth-order valence-corrected chi connectivity index (χ4v) is 12.8. The van der Waals surface area contributed by atoms with Gasteiger partial charge in [-0.3, -0.25) is 0 Å². The summed E-state index contributed by atoms with van der Waals surface area (Å²) in [5, 5.41) is 0.0832. The highest BCUT2D eigenvalue weighted by Crippen LogP contribution is 2.42. The zero-order valence-electron chi connectivity index (χ0n) is 44.0. The molecule has 0 aromatic heterocycles. The fourth-order valence-electron chi connectivity index (χ4n) is 8.84. The monoisotopic (exact) mass is 1220 g/mol. The third-order valence-corrected chi connectivity index (χ3v) is 18.9. The highest BCUT2D eigenvalue weighted by atomic mass is 32.2. The van der Waals surface area contributed by atoms with Gasteiger partial charge in [-0.05, 0) is 230 Å². The van der Waals surface area contributed by atoms with Gasteiger partial charge in [0.05, 0.1) is 42.8 Å². The molecule has 0 saturated heterocycles. The normalized spacial score (nSPS) is 12.2. The summed E-state index contributed by atoms with van der Waals surface area (Å²) >= 11 is 37.7. The maximum absolute atomic E-state index is 15.0. The van der Waals surface area contributed by atoms with Crippen LogP contribution in [0.5, 0.6) is 28.7 Å². The summed E-state index contributed by atoms with van der Waals surface area (Å²) in [4.78, 5) is 0.527. The van der Waals surface area contributed by atoms with Gasteiger partial charge in [-0.1, -0.05) is 36.4 Å². The molecule has 0 fully saturated rings. The molecule has 76 heavy (non-hydrogen) atoms. The summed E-state index contributed by atoms with van der Waals surface area (Å²) in [6.45, 7) is 5.03. The maximum atomic E-state index is 15.0. The molecule has 0 bridgehead atoms. The van der Waals surface area contributed by atoms with E-state index in [1.54, 1.807) is 0 Å². The number of thiol groups is 8. The highest BCUT2D eigenvalue weighted by molar-refractivity contribution is 8.00. The molecule has 1 unspecified atom stereocenters. The zero-order chi connectivity index (χ0) is 54.6. The van der Waals surface area contributed by atoms with Crippen LogP contribution in [0.2, 0.25) is 0 Å². The van der Waals surface area contributed by atoms with Gasteiger partial charge in [-0.15, -0.1) is 0 Å². The van der Waals surface area contributed by atoms with Crippen molar-refractivity contribution in [1.82, 2.24) is 0 Å². The van der Waals surface area contributed by atoms with E-state index < -0.39 is 15.3 Å². The molecular formula is C59H80O7S10. The number of aryl methyl sites for hydroxylation is 3. The number of hydrogen-bond donors (Lipinski definition) is 8. The van der Waals surface area contributed by atoms with Crippen LogP contribution in [0.4, 0.5) is 0 Å². The van der Waals surface area contributed by atoms with E-state index in [2.05, 4.69) is 144 Å². The van der Waals surface area contributed by atoms with Crippen molar-refractivity contribution in [2.24, 2.45) is 0 Å². The predicted octanol–water partition coefficient (Wildman–Crippen LogP) is 14.3. The van der Waals surface area contributed by atoms with Crippen molar-refractivity contribution in [3.8, 4) is 28.7 Å². The van der Waals surface area contributed by atoms with E-state index in [0.717, 1.165) is 136 Å². The molecule has 5 aromatic carbocycles. The molecule has 0 aliphatic heterocycles. The molecule has 17 heteroatoms. The third-order valence-electron chi connectivity index (χ3n) is 13.0. The first-order valence-corrected chi connectivity index (χ1v) is 34.1. The first-order valence-electron chi connectivity index (χ1n) is 26.5. The van der Waals surface area contributed by atoms with Gasteiger partial charge < -0.3 is 23.7 Å². The SMILES string of the molecule is CC(c1ccc(OCCCS)cc1)(c1ccc(OCCCS)cc1)c1ccc(OCCCSC(CS)Cc2cc(S(=O)(=O)c3cc(CCCS)c(OCCCS)c(CCCS)c3)cc(CCCS)c2OCCCS)cc1. The van der Waals surface area contributed by atoms with Crippen LogP contribution in [-0.2, 0) is 40.9 Å². The Bertz CT molecular complexity index is 2460. The number of hydrogen-bond acceptors (Lipinski definition) is 16. The van der Waals surface area contributed by atoms with Gasteiger partial charge in [-0.25, -0.2) is 8.42 Å². The fraction of sp³-hybridized carbons (Fsp3) is 0.492. The molecule has 5 aromatic rings. The van der Waals surface area contributed by atoms with E-state index in [1.807, 2.05) is 60.3 Å². The van der Waals surface area contributed by atoms with Gasteiger partial charge in [0, 0.05) is 16.4 Å². The molecule has 0 amide bonds. The largest absolute Gasteiger partial charge is 0.494 e. The Morgan fingerprint density at radius 1 is 0.434 bits per heavy atom. The topological polar surface area (TPSA) is 80.3 Å². The van der Waals surface area contributed by atoms with Crippen molar-refractivity contribution in [2.45, 2.75) is 104 Å². The predicted molar refractivity (Wildman–Crippen MR) is 350 cm³/mol. The quantitative estimate of drug-likeness (QED) is 0.0112. The van der Waals surface area contributed by atoms with Crippen LogP contribution < -0.4 is 23.7 Å². The van der Waals surface area contributed by atoms with Crippen molar-refractivity contribution >= 4 is 123 Å². The number of ether oxygens (including phenoxy) is 5. The number of benzene rings is 5. The Hall–Kier alpha value is -1.80. The lowest BCUT2D eigenvalue weighted by Gasteiger charge is -2.32. The van der Waals surface area contributed by atoms with E-state index >= 15 is 8.42 Å². The lowest BCUT2D eigenvalue weighted by atomic mass is 9.71. The first kappa shape index (κ1) is 65.0. The van der Waals surface area contributed by atoms with Gasteiger partial charge in [-0.2, -0.15) is 113 Å². The molecular weight excluding hydrogens is 1140 g/mol. The van der Waals surface area contributed by atoms with Crippen LogP contribution in [0.3, 0.4) is 0 Å². The average Bonchev–Trinajstić information content (AvgIpc) is 3.45. The van der Waals surface area contributed by atoms with Gasteiger partial charge >= 0.3 is 0 Å². The summed E-state index contributed by atoms with van der Waals surface area (Å²) in [7, 11) is -3.98. The second kappa shape index (κ2) is 35.8. The number of sulfone groups is 1. The molecule has 418 valence electrons. The molecule has 0 spiro atoms. The molecule has 0 aliphatic rings. The minimum atomic E-state index is -3.98. The van der Waals surface area contributed by atoms with Gasteiger partial charge in [0.25, 0.3) is 0 Å². The lowest BCUT2D eigenvalue weighted by molar-refractivity contribution is 0.311. The Balaban J connectivity index is 1.35. The number of rotatable bonds is 39. The van der Waals surface area contributed by atoms with Crippen molar-refractivity contribution < 1.29 is 32.1 Å². The van der Waals surface area contributed by atoms with E-state index in [4.69, 9.17) is 36.3 Å². The summed E-state index contributed by atoms with van der Waals surface area (Å²) in [5.74, 6) is 10.4.